The molecule has 0 unspecified atom stereocenters. The normalized spacial score (nSPS) is 11.8. The zero-order valence-corrected chi connectivity index (χ0v) is 11.2. The summed E-state index contributed by atoms with van der Waals surface area (Å²) in [6.07, 6.45) is 0. The summed E-state index contributed by atoms with van der Waals surface area (Å²) < 4.78 is 5.23. The molecular weight excluding hydrogens is 254 g/mol. The number of nitrogens with one attached hydrogen (secondary N) is 1. The second-order valence-electron chi connectivity index (χ2n) is 4.38. The predicted octanol–water partition coefficient (Wildman–Crippen LogP) is 2.61. The van der Waals surface area contributed by atoms with Gasteiger partial charge in [0.05, 0.1) is 7.11 Å². The Morgan fingerprint density at radius 1 is 1.15 bits per heavy atom. The molecule has 1 atom stereocenters. The lowest BCUT2D eigenvalue weighted by Gasteiger charge is -2.17. The largest absolute Gasteiger partial charge is 0.496 e. The van der Waals surface area contributed by atoms with Gasteiger partial charge >= 0.3 is 5.97 Å². The molecule has 0 bridgehead atoms. The van der Waals surface area contributed by atoms with Crippen molar-refractivity contribution in [1.82, 2.24) is 5.32 Å². The monoisotopic (exact) mass is 271 g/mol. The molecule has 2 rings (SSSR count). The lowest BCUT2D eigenvalue weighted by Crippen LogP contribution is -2.28. The number of carboxylic acid groups (broad SMARTS) is 1. The van der Waals surface area contributed by atoms with Crippen LogP contribution in [0.1, 0.15) is 17.2 Å². The van der Waals surface area contributed by atoms with E-state index < -0.39 is 12.0 Å². The first kappa shape index (κ1) is 14.1. The Kier molecular flexibility index (Phi) is 4.74. The topological polar surface area (TPSA) is 58.6 Å². The molecule has 2 aromatic rings. The van der Waals surface area contributed by atoms with E-state index in [-0.39, 0.29) is 0 Å². The van der Waals surface area contributed by atoms with Crippen LogP contribution in [-0.2, 0) is 11.3 Å². The van der Waals surface area contributed by atoms with Crippen LogP contribution in [0.5, 0.6) is 5.75 Å². The summed E-state index contributed by atoms with van der Waals surface area (Å²) in [6.45, 7) is 0.482. The Bertz CT molecular complexity index is 569. The molecule has 0 amide bonds. The van der Waals surface area contributed by atoms with Gasteiger partial charge in [-0.2, -0.15) is 0 Å². The van der Waals surface area contributed by atoms with Crippen molar-refractivity contribution in [1.29, 1.82) is 0 Å². The van der Waals surface area contributed by atoms with Crippen molar-refractivity contribution in [2.45, 2.75) is 12.6 Å². The van der Waals surface area contributed by atoms with Crippen molar-refractivity contribution in [2.24, 2.45) is 0 Å². The maximum atomic E-state index is 11.5. The smallest absolute Gasteiger partial charge is 0.325 e. The zero-order valence-electron chi connectivity index (χ0n) is 11.2. The molecule has 0 radical (unpaired) electrons. The molecule has 0 saturated heterocycles. The van der Waals surface area contributed by atoms with E-state index in [1.165, 1.54) is 7.11 Å². The summed E-state index contributed by atoms with van der Waals surface area (Å²) in [5.41, 5.74) is 1.66. The van der Waals surface area contributed by atoms with Crippen molar-refractivity contribution < 1.29 is 14.6 Å². The van der Waals surface area contributed by atoms with Crippen molar-refractivity contribution >= 4 is 5.97 Å². The van der Waals surface area contributed by atoms with Gasteiger partial charge in [0.2, 0.25) is 0 Å². The number of ether oxygens (including phenoxy) is 1. The van der Waals surface area contributed by atoms with E-state index in [2.05, 4.69) is 5.32 Å². The number of carboxylic acids is 1. The number of para-hydroxylation sites is 1. The van der Waals surface area contributed by atoms with Crippen molar-refractivity contribution in [3.8, 4) is 5.75 Å². The predicted molar refractivity (Wildman–Crippen MR) is 76.7 cm³/mol. The fourth-order valence-corrected chi connectivity index (χ4v) is 2.05. The standard InChI is InChI=1S/C16H17NO3/c1-20-14-10-6-5-9-13(14)15(16(18)19)17-11-12-7-3-2-4-8-12/h2-10,15,17H,11H2,1H3,(H,18,19)/t15-/m0/s1. The highest BCUT2D eigenvalue weighted by Crippen LogP contribution is 2.25. The van der Waals surface area contributed by atoms with E-state index in [4.69, 9.17) is 4.74 Å². The Morgan fingerprint density at radius 3 is 2.45 bits per heavy atom. The van der Waals surface area contributed by atoms with Crippen molar-refractivity contribution in [2.75, 3.05) is 7.11 Å². The summed E-state index contributed by atoms with van der Waals surface area (Å²) in [5.74, 6) is -0.356. The highest BCUT2D eigenvalue weighted by Gasteiger charge is 2.22. The second-order valence-corrected chi connectivity index (χ2v) is 4.38. The highest BCUT2D eigenvalue weighted by molar-refractivity contribution is 5.76. The molecule has 0 aliphatic rings. The van der Waals surface area contributed by atoms with Crippen LogP contribution in [0.2, 0.25) is 0 Å². The summed E-state index contributed by atoms with van der Waals surface area (Å²) in [4.78, 5) is 11.5. The summed E-state index contributed by atoms with van der Waals surface area (Å²) in [7, 11) is 1.54. The van der Waals surface area contributed by atoms with Gasteiger partial charge in [-0.25, -0.2) is 0 Å². The molecule has 20 heavy (non-hydrogen) atoms. The number of carbonyl (C=O) groups is 1. The molecule has 0 heterocycles. The van der Waals surface area contributed by atoms with Crippen LogP contribution in [0.4, 0.5) is 0 Å². The number of hydrogen-bond donors (Lipinski definition) is 2. The number of methoxy groups -OCH3 is 1. The van der Waals surface area contributed by atoms with Crippen LogP contribution < -0.4 is 10.1 Å². The number of hydrogen-bond acceptors (Lipinski definition) is 3. The Balaban J connectivity index is 2.17. The number of aliphatic carboxylic acids is 1. The zero-order chi connectivity index (χ0) is 14.4. The number of benzene rings is 2. The van der Waals surface area contributed by atoms with E-state index in [9.17, 15) is 9.90 Å². The average molecular weight is 271 g/mol. The lowest BCUT2D eigenvalue weighted by molar-refractivity contribution is -0.139. The van der Waals surface area contributed by atoms with Gasteiger partial charge in [0.25, 0.3) is 0 Å². The van der Waals surface area contributed by atoms with Gasteiger partial charge in [0.1, 0.15) is 11.8 Å². The van der Waals surface area contributed by atoms with Gasteiger partial charge in [-0.1, -0.05) is 48.5 Å². The first-order chi connectivity index (χ1) is 9.72. The third kappa shape index (κ3) is 3.36. The molecule has 0 saturated carbocycles. The van der Waals surface area contributed by atoms with E-state index in [1.54, 1.807) is 18.2 Å². The van der Waals surface area contributed by atoms with Gasteiger partial charge in [-0.15, -0.1) is 0 Å². The third-order valence-corrected chi connectivity index (χ3v) is 3.05. The fraction of sp³-hybridized carbons (Fsp3) is 0.188. The van der Waals surface area contributed by atoms with Gasteiger partial charge < -0.3 is 9.84 Å². The third-order valence-electron chi connectivity index (χ3n) is 3.05. The minimum absolute atomic E-state index is 0.482. The Labute approximate surface area is 118 Å². The fourth-order valence-electron chi connectivity index (χ4n) is 2.05. The van der Waals surface area contributed by atoms with Crippen LogP contribution in [0.3, 0.4) is 0 Å². The van der Waals surface area contributed by atoms with Crippen LogP contribution in [0.15, 0.2) is 54.6 Å². The van der Waals surface area contributed by atoms with Gasteiger partial charge in [0.15, 0.2) is 0 Å². The van der Waals surface area contributed by atoms with Crippen LogP contribution in [-0.4, -0.2) is 18.2 Å². The molecule has 0 aliphatic carbocycles. The molecule has 4 heteroatoms. The molecule has 0 spiro atoms. The second kappa shape index (κ2) is 6.73. The SMILES string of the molecule is COc1ccccc1[C@H](NCc1ccccc1)C(=O)O. The molecule has 104 valence electrons. The quantitative estimate of drug-likeness (QED) is 0.848. The minimum atomic E-state index is -0.926. The molecule has 0 aromatic heterocycles. The van der Waals surface area contributed by atoms with E-state index in [0.717, 1.165) is 5.56 Å². The maximum Gasteiger partial charge on any atom is 0.325 e. The van der Waals surface area contributed by atoms with Crippen molar-refractivity contribution in [3.05, 3.63) is 65.7 Å². The van der Waals surface area contributed by atoms with Crippen molar-refractivity contribution in [3.63, 3.8) is 0 Å². The minimum Gasteiger partial charge on any atom is -0.496 e. The average Bonchev–Trinajstić information content (AvgIpc) is 2.48. The van der Waals surface area contributed by atoms with Crippen LogP contribution >= 0.6 is 0 Å². The lowest BCUT2D eigenvalue weighted by atomic mass is 10.1. The molecule has 0 fully saturated rings. The first-order valence-electron chi connectivity index (χ1n) is 6.35. The first-order valence-corrected chi connectivity index (χ1v) is 6.35. The Hall–Kier alpha value is -2.33. The van der Waals surface area contributed by atoms with Crippen LogP contribution in [0, 0.1) is 0 Å². The van der Waals surface area contributed by atoms with E-state index in [0.29, 0.717) is 17.9 Å². The maximum absolute atomic E-state index is 11.5. The molecule has 2 N–H and O–H groups in total. The molecule has 2 aromatic carbocycles. The Morgan fingerprint density at radius 2 is 1.80 bits per heavy atom. The van der Waals surface area contributed by atoms with Gasteiger partial charge in [0, 0.05) is 12.1 Å². The number of rotatable bonds is 6. The summed E-state index contributed by atoms with van der Waals surface area (Å²) >= 11 is 0. The molecule has 4 nitrogen and oxygen atoms in total. The van der Waals surface area contributed by atoms with E-state index >= 15 is 0 Å². The van der Waals surface area contributed by atoms with Gasteiger partial charge in [-0.05, 0) is 11.6 Å². The molecular formula is C16H17NO3. The highest BCUT2D eigenvalue weighted by atomic mass is 16.5. The van der Waals surface area contributed by atoms with E-state index in [1.807, 2.05) is 36.4 Å². The van der Waals surface area contributed by atoms with Crippen LogP contribution in [0.25, 0.3) is 0 Å². The molecule has 0 aliphatic heterocycles. The summed E-state index contributed by atoms with van der Waals surface area (Å²) in [5, 5.41) is 12.5. The van der Waals surface area contributed by atoms with Gasteiger partial charge in [-0.3, -0.25) is 10.1 Å². The summed E-state index contributed by atoms with van der Waals surface area (Å²) in [6, 6.07) is 16.0.